The Hall–Kier alpha value is -0.980. The van der Waals surface area contributed by atoms with Crippen LogP contribution in [0.4, 0.5) is 0 Å². The van der Waals surface area contributed by atoms with Crippen molar-refractivity contribution in [1.29, 1.82) is 0 Å². The number of hydrogen-bond donors (Lipinski definition) is 1. The molecule has 114 valence electrons. The molecule has 1 aromatic heterocycles. The van der Waals surface area contributed by atoms with Crippen LogP contribution in [0, 0.1) is 0 Å². The average Bonchev–Trinajstić information content (AvgIpc) is 2.91. The highest BCUT2D eigenvalue weighted by Gasteiger charge is 2.19. The van der Waals surface area contributed by atoms with Crippen molar-refractivity contribution >= 4 is 11.4 Å². The normalized spacial score (nSPS) is 13.9. The van der Waals surface area contributed by atoms with E-state index < -0.39 is 11.4 Å². The maximum Gasteiger partial charge on any atom is 0.254 e. The third kappa shape index (κ3) is 5.98. The maximum atomic E-state index is 11.8. The minimum Gasteiger partial charge on any atom is -0.598 e. The van der Waals surface area contributed by atoms with Crippen LogP contribution in [0.5, 0.6) is 5.88 Å². The summed E-state index contributed by atoms with van der Waals surface area (Å²) in [5.74, 6) is 1.65. The molecular weight excluding hydrogens is 276 g/mol. The number of nitrogens with zero attached hydrogens (tertiary/aromatic N) is 1. The quantitative estimate of drug-likeness (QED) is 0.386. The second kappa shape index (κ2) is 9.85. The highest BCUT2D eigenvalue weighted by molar-refractivity contribution is 7.89. The molecule has 0 fully saturated rings. The van der Waals surface area contributed by atoms with E-state index in [0.29, 0.717) is 24.0 Å². The fourth-order valence-corrected chi connectivity index (χ4v) is 2.67. The molecule has 0 aliphatic heterocycles. The molecule has 0 aromatic carbocycles. The molecule has 0 spiro atoms. The van der Waals surface area contributed by atoms with Gasteiger partial charge in [0.1, 0.15) is 11.8 Å². The van der Waals surface area contributed by atoms with Gasteiger partial charge in [0, 0.05) is 17.4 Å². The molecule has 0 amide bonds. The Morgan fingerprint density at radius 3 is 2.90 bits per heavy atom. The zero-order valence-electron chi connectivity index (χ0n) is 12.3. The molecule has 20 heavy (non-hydrogen) atoms. The Labute approximate surface area is 124 Å². The van der Waals surface area contributed by atoms with Crippen molar-refractivity contribution < 1.29 is 13.8 Å². The molecule has 1 heterocycles. The minimum absolute atomic E-state index is 0.316. The predicted molar refractivity (Wildman–Crippen MR) is 80.9 cm³/mol. The smallest absolute Gasteiger partial charge is 0.254 e. The lowest BCUT2D eigenvalue weighted by atomic mass is 10.2. The van der Waals surface area contributed by atoms with Crippen LogP contribution in [0.2, 0.25) is 0 Å². The summed E-state index contributed by atoms with van der Waals surface area (Å²) in [5, 5.41) is 3.84. The highest BCUT2D eigenvalue weighted by Crippen LogP contribution is 2.20. The standard InChI is InChI=1S/C14H24N2O3S/c1-4-7-9-18-14-11-13(19-15-14)12(6-3)16-20(17)10-8-5-2/h6,11-12,16H,3-5,7-10H2,1-2H3/t12-,20-/m0/s1. The Morgan fingerprint density at radius 2 is 2.25 bits per heavy atom. The fraction of sp³-hybridized carbons (Fsp3) is 0.643. The molecule has 1 rings (SSSR count). The van der Waals surface area contributed by atoms with Crippen LogP contribution in [-0.2, 0) is 11.4 Å². The predicted octanol–water partition coefficient (Wildman–Crippen LogP) is 3.13. The summed E-state index contributed by atoms with van der Waals surface area (Å²) in [4.78, 5) is 0. The van der Waals surface area contributed by atoms with Gasteiger partial charge in [-0.15, -0.1) is 11.3 Å². The van der Waals surface area contributed by atoms with Gasteiger partial charge < -0.3 is 13.8 Å². The molecule has 0 radical (unpaired) electrons. The molecule has 0 aliphatic carbocycles. The molecule has 0 aliphatic rings. The molecule has 1 N–H and O–H groups in total. The van der Waals surface area contributed by atoms with Gasteiger partial charge in [-0.05, 0) is 18.0 Å². The molecule has 1 aromatic rings. The summed E-state index contributed by atoms with van der Waals surface area (Å²) < 4.78 is 25.4. The van der Waals surface area contributed by atoms with Crippen LogP contribution in [-0.4, -0.2) is 22.1 Å². The number of ether oxygens (including phenoxy) is 1. The van der Waals surface area contributed by atoms with Crippen LogP contribution >= 0.6 is 0 Å². The van der Waals surface area contributed by atoms with Crippen molar-refractivity contribution in [3.05, 3.63) is 24.5 Å². The third-order valence-corrected chi connectivity index (χ3v) is 3.91. The zero-order valence-corrected chi connectivity index (χ0v) is 13.1. The lowest BCUT2D eigenvalue weighted by Crippen LogP contribution is -2.29. The molecule has 2 atom stereocenters. The van der Waals surface area contributed by atoms with Gasteiger partial charge >= 0.3 is 0 Å². The first-order valence-electron chi connectivity index (χ1n) is 7.07. The fourth-order valence-electron chi connectivity index (χ4n) is 1.51. The van der Waals surface area contributed by atoms with Crippen LogP contribution in [0.1, 0.15) is 51.3 Å². The summed E-state index contributed by atoms with van der Waals surface area (Å²) in [6.45, 7) is 8.52. The molecule has 0 bridgehead atoms. The first kappa shape index (κ1) is 17.1. The molecule has 6 heteroatoms. The van der Waals surface area contributed by atoms with Crippen LogP contribution < -0.4 is 9.46 Å². The first-order valence-corrected chi connectivity index (χ1v) is 8.39. The van der Waals surface area contributed by atoms with Gasteiger partial charge in [0.05, 0.1) is 6.61 Å². The Kier molecular flexibility index (Phi) is 8.41. The summed E-state index contributed by atoms with van der Waals surface area (Å²) in [5.41, 5.74) is 0. The SMILES string of the molecule is C=C[C@H](N[S@@+]([O-])CCCC)c1cc(OCCCC)no1. The van der Waals surface area contributed by atoms with Gasteiger partial charge in [0.2, 0.25) is 0 Å². The summed E-state index contributed by atoms with van der Waals surface area (Å²) in [6, 6.07) is 1.40. The van der Waals surface area contributed by atoms with E-state index in [1.165, 1.54) is 0 Å². The minimum atomic E-state index is -1.10. The molecule has 5 nitrogen and oxygen atoms in total. The Bertz CT molecular complexity index is 384. The molecule has 0 saturated carbocycles. The number of rotatable bonds is 11. The van der Waals surface area contributed by atoms with Crippen LogP contribution in [0.3, 0.4) is 0 Å². The van der Waals surface area contributed by atoms with Crippen molar-refractivity contribution in [2.45, 2.75) is 45.6 Å². The monoisotopic (exact) mass is 300 g/mol. The molecule has 0 unspecified atom stereocenters. The van der Waals surface area contributed by atoms with E-state index in [-0.39, 0.29) is 6.04 Å². The highest BCUT2D eigenvalue weighted by atomic mass is 32.2. The maximum absolute atomic E-state index is 11.8. The van der Waals surface area contributed by atoms with Gasteiger partial charge in [-0.25, -0.2) is 0 Å². The third-order valence-electron chi connectivity index (χ3n) is 2.74. The van der Waals surface area contributed by atoms with Crippen LogP contribution in [0.15, 0.2) is 23.2 Å². The van der Waals surface area contributed by atoms with Gasteiger partial charge in [0.25, 0.3) is 5.88 Å². The van der Waals surface area contributed by atoms with E-state index in [0.717, 1.165) is 25.7 Å². The van der Waals surface area contributed by atoms with Crippen molar-refractivity contribution in [3.63, 3.8) is 0 Å². The summed E-state index contributed by atoms with van der Waals surface area (Å²) in [6.07, 6.45) is 5.64. The van der Waals surface area contributed by atoms with Gasteiger partial charge in [-0.2, -0.15) is 0 Å². The van der Waals surface area contributed by atoms with Crippen molar-refractivity contribution in [3.8, 4) is 5.88 Å². The summed E-state index contributed by atoms with van der Waals surface area (Å²) >= 11 is -1.10. The number of aromatic nitrogens is 1. The van der Waals surface area contributed by atoms with E-state index in [1.807, 2.05) is 0 Å². The second-order valence-electron chi connectivity index (χ2n) is 4.50. The van der Waals surface area contributed by atoms with Crippen LogP contribution in [0.25, 0.3) is 0 Å². The van der Waals surface area contributed by atoms with E-state index in [1.54, 1.807) is 12.1 Å². The van der Waals surface area contributed by atoms with E-state index in [4.69, 9.17) is 9.26 Å². The van der Waals surface area contributed by atoms with Gasteiger partial charge in [0.15, 0.2) is 5.76 Å². The molecule has 0 saturated heterocycles. The molecular formula is C14H24N2O3S. The van der Waals surface area contributed by atoms with Crippen molar-refractivity contribution in [1.82, 2.24) is 9.88 Å². The first-order chi connectivity index (χ1) is 9.71. The van der Waals surface area contributed by atoms with E-state index in [2.05, 4.69) is 30.3 Å². The summed E-state index contributed by atoms with van der Waals surface area (Å²) in [7, 11) is 0. The second-order valence-corrected chi connectivity index (χ2v) is 5.84. The largest absolute Gasteiger partial charge is 0.598 e. The Morgan fingerprint density at radius 1 is 1.50 bits per heavy atom. The number of hydrogen-bond acceptors (Lipinski definition) is 5. The van der Waals surface area contributed by atoms with Gasteiger partial charge in [-0.3, -0.25) is 0 Å². The van der Waals surface area contributed by atoms with Gasteiger partial charge in [-0.1, -0.05) is 32.8 Å². The van der Waals surface area contributed by atoms with E-state index >= 15 is 0 Å². The zero-order chi connectivity index (χ0) is 14.8. The topological polar surface area (TPSA) is 70.3 Å². The lowest BCUT2D eigenvalue weighted by molar-refractivity contribution is 0.269. The number of unbranched alkanes of at least 4 members (excludes halogenated alkanes) is 2. The average molecular weight is 300 g/mol. The number of nitrogens with one attached hydrogen (secondary N) is 1. The lowest BCUT2D eigenvalue weighted by Gasteiger charge is -2.14. The van der Waals surface area contributed by atoms with Crippen molar-refractivity contribution in [2.75, 3.05) is 12.4 Å². The van der Waals surface area contributed by atoms with Crippen molar-refractivity contribution in [2.24, 2.45) is 0 Å². The van der Waals surface area contributed by atoms with E-state index in [9.17, 15) is 4.55 Å². The Balaban J connectivity index is 2.50.